The average molecular weight is 547 g/mol. The number of carboxylic acid groups (broad SMARTS) is 1. The second-order valence-corrected chi connectivity index (χ2v) is 11.7. The van der Waals surface area contributed by atoms with Crippen molar-refractivity contribution in [3.05, 3.63) is 50.2 Å². The van der Waals surface area contributed by atoms with Crippen molar-refractivity contribution < 1.29 is 9.90 Å². The van der Waals surface area contributed by atoms with Gasteiger partial charge in [-0.3, -0.25) is 4.98 Å². The van der Waals surface area contributed by atoms with Crippen molar-refractivity contribution >= 4 is 46.1 Å². The molecule has 0 spiro atoms. The van der Waals surface area contributed by atoms with Crippen molar-refractivity contribution in [2.75, 3.05) is 18.0 Å². The molecule has 37 heavy (non-hydrogen) atoms. The first-order chi connectivity index (χ1) is 17.2. The summed E-state index contributed by atoms with van der Waals surface area (Å²) >= 11 is 12.8. The molecule has 4 heterocycles. The Bertz CT molecular complexity index is 1430. The third-order valence-electron chi connectivity index (χ3n) is 6.95. The van der Waals surface area contributed by atoms with Gasteiger partial charge in [-0.15, -0.1) is 0 Å². The molecule has 1 aliphatic rings. The lowest BCUT2D eigenvalue weighted by Crippen LogP contribution is -2.64. The number of anilines is 1. The lowest BCUT2D eigenvalue weighted by molar-refractivity contribution is 0.0562. The summed E-state index contributed by atoms with van der Waals surface area (Å²) in [5, 5.41) is 10.7. The van der Waals surface area contributed by atoms with E-state index >= 15 is 0 Å². The summed E-state index contributed by atoms with van der Waals surface area (Å²) in [6, 6.07) is 2.89. The molecule has 0 aliphatic carbocycles. The second kappa shape index (κ2) is 9.76. The maximum Gasteiger partial charge on any atom is 0.407 e. The van der Waals surface area contributed by atoms with Crippen LogP contribution in [-0.2, 0) is 0 Å². The minimum atomic E-state index is -0.968. The van der Waals surface area contributed by atoms with Crippen molar-refractivity contribution in [1.82, 2.24) is 24.4 Å². The number of fused-ring (bicyclic) bond motifs is 1. The molecule has 1 N–H and O–H groups in total. The zero-order valence-electron chi connectivity index (χ0n) is 22.1. The highest BCUT2D eigenvalue weighted by atomic mass is 35.5. The Morgan fingerprint density at radius 3 is 2.46 bits per heavy atom. The molecule has 1 amide bonds. The van der Waals surface area contributed by atoms with E-state index < -0.39 is 11.8 Å². The van der Waals surface area contributed by atoms with Gasteiger partial charge in [-0.1, -0.05) is 57.8 Å². The lowest BCUT2D eigenvalue weighted by Gasteiger charge is -2.51. The molecule has 198 valence electrons. The van der Waals surface area contributed by atoms with Crippen LogP contribution < -0.4 is 10.6 Å². The van der Waals surface area contributed by atoms with E-state index in [0.717, 1.165) is 11.3 Å². The third kappa shape index (κ3) is 4.75. The van der Waals surface area contributed by atoms with Crippen molar-refractivity contribution in [2.24, 2.45) is 5.41 Å². The van der Waals surface area contributed by atoms with Crippen LogP contribution in [0, 0.1) is 12.3 Å². The van der Waals surface area contributed by atoms with Crippen LogP contribution in [0.5, 0.6) is 0 Å². The number of halogens is 2. The maximum atomic E-state index is 13.8. The van der Waals surface area contributed by atoms with E-state index in [4.69, 9.17) is 23.2 Å². The molecule has 2 unspecified atom stereocenters. The van der Waals surface area contributed by atoms with Crippen molar-refractivity contribution in [3.63, 3.8) is 0 Å². The third-order valence-corrected chi connectivity index (χ3v) is 7.63. The minimum absolute atomic E-state index is 0.0379. The van der Waals surface area contributed by atoms with Crippen molar-refractivity contribution in [1.29, 1.82) is 0 Å². The fourth-order valence-corrected chi connectivity index (χ4v) is 5.77. The van der Waals surface area contributed by atoms with Gasteiger partial charge in [0.1, 0.15) is 11.0 Å². The van der Waals surface area contributed by atoms with Crippen LogP contribution in [-0.4, -0.2) is 60.8 Å². The van der Waals surface area contributed by atoms with E-state index in [1.54, 1.807) is 12.3 Å². The summed E-state index contributed by atoms with van der Waals surface area (Å²) in [6.45, 7) is 14.5. The number of aryl methyl sites for hydroxylation is 1. The first-order valence-electron chi connectivity index (χ1n) is 12.2. The Balaban J connectivity index is 2.01. The van der Waals surface area contributed by atoms with E-state index in [-0.39, 0.29) is 40.1 Å². The Morgan fingerprint density at radius 1 is 1.19 bits per heavy atom. The molecule has 1 aliphatic heterocycles. The van der Waals surface area contributed by atoms with Gasteiger partial charge in [0.05, 0.1) is 27.8 Å². The number of aromatic nitrogens is 4. The molecule has 3 aromatic heterocycles. The second-order valence-electron chi connectivity index (χ2n) is 10.9. The molecule has 0 aromatic carbocycles. The molecule has 0 bridgehead atoms. The van der Waals surface area contributed by atoms with Gasteiger partial charge in [0.15, 0.2) is 5.65 Å². The topological polar surface area (TPSA) is 104 Å². The molecule has 0 saturated carbocycles. The van der Waals surface area contributed by atoms with Gasteiger partial charge in [-0.05, 0) is 42.9 Å². The number of piperazine rings is 1. The van der Waals surface area contributed by atoms with Gasteiger partial charge in [-0.2, -0.15) is 4.98 Å². The normalized spacial score (nSPS) is 18.6. The Hall–Kier alpha value is -2.91. The molecular weight excluding hydrogens is 515 g/mol. The molecule has 1 fully saturated rings. The summed E-state index contributed by atoms with van der Waals surface area (Å²) in [6.07, 6.45) is 0.751. The van der Waals surface area contributed by atoms with Gasteiger partial charge < -0.3 is 14.9 Å². The van der Waals surface area contributed by atoms with Crippen LogP contribution >= 0.6 is 23.2 Å². The minimum Gasteiger partial charge on any atom is -0.465 e. The van der Waals surface area contributed by atoms with Crippen LogP contribution in [0.2, 0.25) is 10.2 Å². The Kier molecular flexibility index (Phi) is 7.16. The van der Waals surface area contributed by atoms with Gasteiger partial charge in [-0.25, -0.2) is 19.1 Å². The summed E-state index contributed by atoms with van der Waals surface area (Å²) < 4.78 is 1.46. The van der Waals surface area contributed by atoms with Crippen LogP contribution in [0.1, 0.15) is 58.7 Å². The van der Waals surface area contributed by atoms with Crippen LogP contribution in [0.25, 0.3) is 16.7 Å². The van der Waals surface area contributed by atoms with E-state index in [1.165, 1.54) is 9.47 Å². The van der Waals surface area contributed by atoms with Crippen molar-refractivity contribution in [3.8, 4) is 5.69 Å². The zero-order valence-corrected chi connectivity index (χ0v) is 23.6. The fraction of sp³-hybridized carbons (Fsp3) is 0.500. The van der Waals surface area contributed by atoms with Gasteiger partial charge in [0.2, 0.25) is 0 Å². The molecule has 11 heteroatoms. The van der Waals surface area contributed by atoms with Crippen LogP contribution in [0.4, 0.5) is 10.6 Å². The van der Waals surface area contributed by atoms with Gasteiger partial charge in [0, 0.05) is 25.3 Å². The summed E-state index contributed by atoms with van der Waals surface area (Å²) in [7, 11) is 0. The summed E-state index contributed by atoms with van der Waals surface area (Å²) in [5.74, 6) is 0.442. The van der Waals surface area contributed by atoms with Crippen LogP contribution in [0.3, 0.4) is 0 Å². The molecule has 4 rings (SSSR count). The number of carbonyl (C=O) groups is 1. The monoisotopic (exact) mass is 546 g/mol. The average Bonchev–Trinajstić information content (AvgIpc) is 2.79. The highest BCUT2D eigenvalue weighted by Crippen LogP contribution is 2.37. The SMILES string of the molecule is Cc1ccnc(C(C)C)c1-n1c(=O)nc(N2CCN(C(=O)O)C(C(C)(C)C)C2C)c2cc(Cl)c(Cl)nc21. The van der Waals surface area contributed by atoms with E-state index in [2.05, 4.69) is 15.0 Å². The molecule has 1 saturated heterocycles. The Morgan fingerprint density at radius 2 is 1.86 bits per heavy atom. The quantitative estimate of drug-likeness (QED) is 0.431. The smallest absolute Gasteiger partial charge is 0.407 e. The fourth-order valence-electron chi connectivity index (χ4n) is 5.48. The van der Waals surface area contributed by atoms with Crippen LogP contribution in [0.15, 0.2) is 23.1 Å². The summed E-state index contributed by atoms with van der Waals surface area (Å²) in [5.41, 5.74) is 1.64. The first-order valence-corrected chi connectivity index (χ1v) is 13.0. The number of hydrogen-bond acceptors (Lipinski definition) is 6. The maximum absolute atomic E-state index is 13.8. The standard InChI is InChI=1S/C26H32Cl2N6O3/c1-13(2)18-19(14(3)8-9-29-18)34-23-16(12-17(27)21(28)30-23)22(31-24(34)35)32-10-11-33(25(36)37)20(15(32)4)26(5,6)7/h8-9,12-13,15,20H,10-11H2,1-7H3,(H,36,37). The van der Waals surface area contributed by atoms with E-state index in [9.17, 15) is 14.7 Å². The lowest BCUT2D eigenvalue weighted by atomic mass is 9.80. The highest BCUT2D eigenvalue weighted by molar-refractivity contribution is 6.41. The molecule has 0 radical (unpaired) electrons. The predicted molar refractivity (Wildman–Crippen MR) is 147 cm³/mol. The molecule has 3 aromatic rings. The Labute approximate surface area is 226 Å². The van der Waals surface area contributed by atoms with Crippen molar-refractivity contribution in [2.45, 2.75) is 66.5 Å². The molecule has 2 atom stereocenters. The predicted octanol–water partition coefficient (Wildman–Crippen LogP) is 5.52. The van der Waals surface area contributed by atoms with Gasteiger partial charge in [0.25, 0.3) is 0 Å². The van der Waals surface area contributed by atoms with E-state index in [0.29, 0.717) is 29.1 Å². The largest absolute Gasteiger partial charge is 0.465 e. The molecular formula is C26H32Cl2N6O3. The number of rotatable bonds is 3. The highest BCUT2D eigenvalue weighted by Gasteiger charge is 2.44. The number of pyridine rings is 2. The van der Waals surface area contributed by atoms with E-state index in [1.807, 2.05) is 59.4 Å². The number of hydrogen-bond donors (Lipinski definition) is 1. The zero-order chi connectivity index (χ0) is 27.4. The molecule has 9 nitrogen and oxygen atoms in total. The van der Waals surface area contributed by atoms with Gasteiger partial charge >= 0.3 is 11.8 Å². The summed E-state index contributed by atoms with van der Waals surface area (Å²) in [4.78, 5) is 42.9. The number of amides is 1. The number of nitrogens with zero attached hydrogens (tertiary/aromatic N) is 6. The first kappa shape index (κ1) is 27.1.